The van der Waals surface area contributed by atoms with Crippen LogP contribution in [0.15, 0.2) is 18.2 Å². The lowest BCUT2D eigenvalue weighted by atomic mass is 9.95. The van der Waals surface area contributed by atoms with Gasteiger partial charge < -0.3 is 10.4 Å². The van der Waals surface area contributed by atoms with Crippen molar-refractivity contribution >= 4 is 12.4 Å². The number of phenolic OH excluding ortho intramolecular Hbond substituents is 1. The highest BCUT2D eigenvalue weighted by Gasteiger charge is 2.15. The zero-order chi connectivity index (χ0) is 8.55. The van der Waals surface area contributed by atoms with Crippen molar-refractivity contribution < 1.29 is 5.11 Å². The summed E-state index contributed by atoms with van der Waals surface area (Å²) in [6.45, 7) is 3.16. The first-order valence-electron chi connectivity index (χ1n) is 4.32. The van der Waals surface area contributed by atoms with E-state index in [1.165, 1.54) is 11.1 Å². The molecule has 1 aliphatic rings. The normalized spacial score (nSPS) is 20.2. The van der Waals surface area contributed by atoms with Gasteiger partial charge in [0.2, 0.25) is 0 Å². The van der Waals surface area contributed by atoms with Gasteiger partial charge in [-0.2, -0.15) is 0 Å². The van der Waals surface area contributed by atoms with Crippen molar-refractivity contribution in [3.05, 3.63) is 29.3 Å². The topological polar surface area (TPSA) is 32.3 Å². The molecule has 1 aliphatic heterocycles. The third-order valence-electron chi connectivity index (χ3n) is 2.44. The number of rotatable bonds is 0. The van der Waals surface area contributed by atoms with E-state index >= 15 is 0 Å². The number of nitrogens with one attached hydrogen (secondary N) is 1. The molecule has 13 heavy (non-hydrogen) atoms. The standard InChI is InChI=1S/C10H13NO.ClH/c1-7-10-6-9(12)3-2-8(10)4-5-11-7;/h2-3,6-7,11-12H,4-5H2,1H3;1H. The fourth-order valence-corrected chi connectivity index (χ4v) is 1.75. The molecule has 1 atom stereocenters. The number of fused-ring (bicyclic) bond motifs is 1. The fraction of sp³-hybridized carbons (Fsp3) is 0.400. The van der Waals surface area contributed by atoms with Crippen molar-refractivity contribution in [1.29, 1.82) is 0 Å². The number of phenols is 1. The Balaban J connectivity index is 0.000000845. The third-order valence-corrected chi connectivity index (χ3v) is 2.44. The van der Waals surface area contributed by atoms with Crippen LogP contribution in [0.4, 0.5) is 0 Å². The number of hydrogen-bond donors (Lipinski definition) is 2. The van der Waals surface area contributed by atoms with Gasteiger partial charge in [-0.1, -0.05) is 6.07 Å². The molecular weight excluding hydrogens is 186 g/mol. The van der Waals surface area contributed by atoms with Gasteiger partial charge in [-0.25, -0.2) is 0 Å². The minimum Gasteiger partial charge on any atom is -0.508 e. The molecule has 0 radical (unpaired) electrons. The molecule has 1 aromatic rings. The van der Waals surface area contributed by atoms with E-state index in [2.05, 4.69) is 12.2 Å². The second kappa shape index (κ2) is 3.99. The zero-order valence-electron chi connectivity index (χ0n) is 7.58. The first-order chi connectivity index (χ1) is 5.77. The van der Waals surface area contributed by atoms with Gasteiger partial charge >= 0.3 is 0 Å². The second-order valence-corrected chi connectivity index (χ2v) is 3.31. The lowest BCUT2D eigenvalue weighted by Gasteiger charge is -2.23. The summed E-state index contributed by atoms with van der Waals surface area (Å²) in [5.74, 6) is 0.365. The molecule has 0 saturated heterocycles. The minimum atomic E-state index is 0. The molecule has 0 fully saturated rings. The maximum Gasteiger partial charge on any atom is 0.115 e. The SMILES string of the molecule is CC1NCCc2ccc(O)cc21.Cl. The van der Waals surface area contributed by atoms with E-state index in [0.717, 1.165) is 13.0 Å². The Labute approximate surface area is 84.4 Å². The Kier molecular flexibility index (Phi) is 3.17. The molecule has 2 N–H and O–H groups in total. The molecule has 0 amide bonds. The molecule has 0 aromatic heterocycles. The van der Waals surface area contributed by atoms with Crippen LogP contribution < -0.4 is 5.32 Å². The van der Waals surface area contributed by atoms with Crippen LogP contribution >= 0.6 is 12.4 Å². The van der Waals surface area contributed by atoms with Crippen molar-refractivity contribution in [2.45, 2.75) is 19.4 Å². The Morgan fingerprint density at radius 2 is 2.23 bits per heavy atom. The van der Waals surface area contributed by atoms with E-state index in [1.807, 2.05) is 12.1 Å². The highest BCUT2D eigenvalue weighted by Crippen LogP contribution is 2.25. The molecule has 1 unspecified atom stereocenters. The van der Waals surface area contributed by atoms with E-state index in [9.17, 15) is 5.11 Å². The average Bonchev–Trinajstić information content (AvgIpc) is 2.07. The summed E-state index contributed by atoms with van der Waals surface area (Å²) in [6.07, 6.45) is 1.07. The van der Waals surface area contributed by atoms with Gasteiger partial charge in [0.15, 0.2) is 0 Å². The molecule has 3 heteroatoms. The summed E-state index contributed by atoms with van der Waals surface area (Å²) in [5.41, 5.74) is 2.60. The van der Waals surface area contributed by atoms with Crippen molar-refractivity contribution in [1.82, 2.24) is 5.32 Å². The van der Waals surface area contributed by atoms with Crippen molar-refractivity contribution in [2.75, 3.05) is 6.54 Å². The van der Waals surface area contributed by atoms with E-state index in [-0.39, 0.29) is 12.4 Å². The van der Waals surface area contributed by atoms with Crippen molar-refractivity contribution in [3.8, 4) is 5.75 Å². The quantitative estimate of drug-likeness (QED) is 0.670. The van der Waals surface area contributed by atoms with Gasteiger partial charge in [-0.05, 0) is 43.1 Å². The predicted octanol–water partition coefficient (Wildman–Crippen LogP) is 2.02. The Hall–Kier alpha value is -0.730. The molecule has 2 nitrogen and oxygen atoms in total. The number of hydrogen-bond acceptors (Lipinski definition) is 2. The van der Waals surface area contributed by atoms with Crippen LogP contribution in [-0.4, -0.2) is 11.7 Å². The molecule has 0 bridgehead atoms. The summed E-state index contributed by atoms with van der Waals surface area (Å²) in [5, 5.41) is 12.6. The van der Waals surface area contributed by atoms with Gasteiger partial charge in [0.25, 0.3) is 0 Å². The summed E-state index contributed by atoms with van der Waals surface area (Å²) >= 11 is 0. The van der Waals surface area contributed by atoms with Crippen LogP contribution in [-0.2, 0) is 6.42 Å². The van der Waals surface area contributed by atoms with Gasteiger partial charge in [0.05, 0.1) is 0 Å². The smallest absolute Gasteiger partial charge is 0.115 e. The maximum atomic E-state index is 9.28. The fourth-order valence-electron chi connectivity index (χ4n) is 1.75. The van der Waals surface area contributed by atoms with E-state index < -0.39 is 0 Å². The minimum absolute atomic E-state index is 0. The lowest BCUT2D eigenvalue weighted by molar-refractivity contribution is 0.468. The molecule has 72 valence electrons. The Morgan fingerprint density at radius 3 is 3.00 bits per heavy atom. The number of halogens is 1. The number of benzene rings is 1. The van der Waals surface area contributed by atoms with Gasteiger partial charge in [0, 0.05) is 6.04 Å². The summed E-state index contributed by atoms with van der Waals surface area (Å²) in [4.78, 5) is 0. The molecule has 2 rings (SSSR count). The number of aromatic hydroxyl groups is 1. The summed E-state index contributed by atoms with van der Waals surface area (Å²) in [6, 6.07) is 6.01. The zero-order valence-corrected chi connectivity index (χ0v) is 8.40. The van der Waals surface area contributed by atoms with E-state index in [4.69, 9.17) is 0 Å². The molecule has 1 aromatic carbocycles. The van der Waals surface area contributed by atoms with E-state index in [1.54, 1.807) is 6.07 Å². The average molecular weight is 200 g/mol. The van der Waals surface area contributed by atoms with Crippen LogP contribution in [0.1, 0.15) is 24.1 Å². The second-order valence-electron chi connectivity index (χ2n) is 3.31. The summed E-state index contributed by atoms with van der Waals surface area (Å²) in [7, 11) is 0. The predicted molar refractivity (Wildman–Crippen MR) is 55.5 cm³/mol. The monoisotopic (exact) mass is 199 g/mol. The molecule has 0 spiro atoms. The van der Waals surface area contributed by atoms with Gasteiger partial charge in [-0.15, -0.1) is 12.4 Å². The van der Waals surface area contributed by atoms with Crippen LogP contribution in [0.3, 0.4) is 0 Å². The van der Waals surface area contributed by atoms with Crippen LogP contribution in [0, 0.1) is 0 Å². The van der Waals surface area contributed by atoms with Crippen LogP contribution in [0.25, 0.3) is 0 Å². The maximum absolute atomic E-state index is 9.28. The molecule has 0 aliphatic carbocycles. The van der Waals surface area contributed by atoms with Crippen LogP contribution in [0.5, 0.6) is 5.75 Å². The molecule has 1 heterocycles. The van der Waals surface area contributed by atoms with Crippen molar-refractivity contribution in [3.63, 3.8) is 0 Å². The third kappa shape index (κ3) is 1.95. The van der Waals surface area contributed by atoms with E-state index in [0.29, 0.717) is 11.8 Å². The van der Waals surface area contributed by atoms with Gasteiger partial charge in [0.1, 0.15) is 5.75 Å². The lowest BCUT2D eigenvalue weighted by Crippen LogP contribution is -2.27. The largest absolute Gasteiger partial charge is 0.508 e. The first kappa shape index (κ1) is 10.4. The highest BCUT2D eigenvalue weighted by atomic mass is 35.5. The molecular formula is C10H14ClNO. The Morgan fingerprint density at radius 1 is 1.46 bits per heavy atom. The van der Waals surface area contributed by atoms with Gasteiger partial charge in [-0.3, -0.25) is 0 Å². The van der Waals surface area contributed by atoms with Crippen molar-refractivity contribution in [2.24, 2.45) is 0 Å². The van der Waals surface area contributed by atoms with Crippen LogP contribution in [0.2, 0.25) is 0 Å². The first-order valence-corrected chi connectivity index (χ1v) is 4.32. The Bertz CT molecular complexity index is 301. The summed E-state index contributed by atoms with van der Waals surface area (Å²) < 4.78 is 0. The highest BCUT2D eigenvalue weighted by molar-refractivity contribution is 5.85. The molecule has 0 saturated carbocycles.